The van der Waals surface area contributed by atoms with Crippen LogP contribution in [0.4, 0.5) is 11.4 Å². The van der Waals surface area contributed by atoms with E-state index >= 15 is 0 Å². The summed E-state index contributed by atoms with van der Waals surface area (Å²) in [7, 11) is 0. The molecular weight excluding hydrogens is 499 g/mol. The highest BCUT2D eigenvalue weighted by Crippen LogP contribution is 2.33. The molecule has 0 radical (unpaired) electrons. The van der Waals surface area contributed by atoms with Gasteiger partial charge in [-0.25, -0.2) is 0 Å². The molecule has 4 rings (SSSR count). The minimum absolute atomic E-state index is 0.725. The van der Waals surface area contributed by atoms with E-state index in [1.54, 1.807) is 0 Å². The third kappa shape index (κ3) is 7.51. The van der Waals surface area contributed by atoms with Crippen molar-refractivity contribution in [1.82, 2.24) is 0 Å². The first-order chi connectivity index (χ1) is 16.7. The summed E-state index contributed by atoms with van der Waals surface area (Å²) < 4.78 is 0. The second kappa shape index (κ2) is 12.8. The normalized spacial score (nSPS) is 11.5. The summed E-state index contributed by atoms with van der Waals surface area (Å²) in [6.07, 6.45) is 3.75. The van der Waals surface area contributed by atoms with Gasteiger partial charge >= 0.3 is 0 Å². The van der Waals surface area contributed by atoms with Crippen molar-refractivity contribution in [3.8, 4) is 0 Å². The SMILES string of the molecule is Clc1ccc(C=Nc2ccccc2SCCSc2ccccc2N=Cc2ccc(Cl)cc2)cc1. The molecule has 0 bridgehead atoms. The molecule has 0 spiro atoms. The van der Waals surface area contributed by atoms with Crippen LogP contribution in [0.25, 0.3) is 0 Å². The van der Waals surface area contributed by atoms with E-state index in [4.69, 9.17) is 33.2 Å². The molecule has 4 aromatic carbocycles. The molecule has 0 saturated carbocycles. The first-order valence-electron chi connectivity index (χ1n) is 10.7. The van der Waals surface area contributed by atoms with Crippen LogP contribution in [0, 0.1) is 0 Å². The molecule has 0 fully saturated rings. The van der Waals surface area contributed by atoms with Crippen molar-refractivity contribution in [1.29, 1.82) is 0 Å². The molecule has 0 saturated heterocycles. The van der Waals surface area contributed by atoms with Crippen molar-refractivity contribution in [3.63, 3.8) is 0 Å². The standard InChI is InChI=1S/C28H22Cl2N2S2/c29-23-13-9-21(10-14-23)19-31-25-5-1-3-7-27(25)33-17-18-34-28-8-4-2-6-26(28)32-20-22-11-15-24(30)16-12-22/h1-16,19-20H,17-18H2. The molecule has 2 nitrogen and oxygen atoms in total. The zero-order valence-electron chi connectivity index (χ0n) is 18.3. The number of thioether (sulfide) groups is 2. The van der Waals surface area contributed by atoms with E-state index in [-0.39, 0.29) is 0 Å². The zero-order chi connectivity index (χ0) is 23.6. The van der Waals surface area contributed by atoms with Crippen molar-refractivity contribution in [3.05, 3.63) is 118 Å². The highest BCUT2D eigenvalue weighted by atomic mass is 35.5. The maximum absolute atomic E-state index is 5.97. The van der Waals surface area contributed by atoms with Crippen molar-refractivity contribution in [2.24, 2.45) is 9.98 Å². The van der Waals surface area contributed by atoms with Gasteiger partial charge < -0.3 is 0 Å². The van der Waals surface area contributed by atoms with E-state index in [0.29, 0.717) is 0 Å². The molecule has 0 aliphatic rings. The number of aliphatic imine (C=N–C) groups is 2. The second-order valence-corrected chi connectivity index (χ2v) is 10.4. The van der Waals surface area contributed by atoms with Crippen LogP contribution in [-0.2, 0) is 0 Å². The quantitative estimate of drug-likeness (QED) is 0.125. The Hall–Kier alpha value is -2.50. The summed E-state index contributed by atoms with van der Waals surface area (Å²) in [5.74, 6) is 1.93. The van der Waals surface area contributed by atoms with E-state index < -0.39 is 0 Å². The van der Waals surface area contributed by atoms with Gasteiger partial charge in [0.15, 0.2) is 0 Å². The smallest absolute Gasteiger partial charge is 0.0765 e. The predicted molar refractivity (Wildman–Crippen MR) is 152 cm³/mol. The zero-order valence-corrected chi connectivity index (χ0v) is 21.4. The van der Waals surface area contributed by atoms with Crippen LogP contribution >= 0.6 is 46.7 Å². The summed E-state index contributed by atoms with van der Waals surface area (Å²) in [5.41, 5.74) is 3.99. The fourth-order valence-corrected chi connectivity index (χ4v) is 5.31. The van der Waals surface area contributed by atoms with E-state index in [1.807, 2.05) is 109 Å². The number of nitrogens with zero attached hydrogens (tertiary/aromatic N) is 2. The molecule has 170 valence electrons. The average molecular weight is 522 g/mol. The van der Waals surface area contributed by atoms with Crippen molar-refractivity contribution in [2.75, 3.05) is 11.5 Å². The average Bonchev–Trinajstić information content (AvgIpc) is 2.87. The Bertz CT molecular complexity index is 1170. The Labute approximate surface area is 219 Å². The first-order valence-corrected chi connectivity index (χ1v) is 13.4. The van der Waals surface area contributed by atoms with Gasteiger partial charge in [0.1, 0.15) is 0 Å². The minimum Gasteiger partial charge on any atom is -0.255 e. The molecule has 0 amide bonds. The lowest BCUT2D eigenvalue weighted by molar-refractivity contribution is 1.36. The van der Waals surface area contributed by atoms with Crippen LogP contribution in [0.3, 0.4) is 0 Å². The van der Waals surface area contributed by atoms with Crippen LogP contribution in [0.1, 0.15) is 11.1 Å². The maximum Gasteiger partial charge on any atom is 0.0765 e. The summed E-state index contributed by atoms with van der Waals surface area (Å²) in [6.45, 7) is 0. The largest absolute Gasteiger partial charge is 0.255 e. The molecule has 4 aromatic rings. The van der Waals surface area contributed by atoms with Crippen LogP contribution in [-0.4, -0.2) is 23.9 Å². The van der Waals surface area contributed by atoms with E-state index in [9.17, 15) is 0 Å². The van der Waals surface area contributed by atoms with Gasteiger partial charge in [0, 0.05) is 43.8 Å². The topological polar surface area (TPSA) is 24.7 Å². The fraction of sp³-hybridized carbons (Fsp3) is 0.0714. The molecule has 0 aliphatic heterocycles. The summed E-state index contributed by atoms with van der Waals surface area (Å²) in [6, 6.07) is 31.8. The maximum atomic E-state index is 5.97. The van der Waals surface area contributed by atoms with Gasteiger partial charge in [-0.05, 0) is 59.7 Å². The van der Waals surface area contributed by atoms with Gasteiger partial charge in [0.25, 0.3) is 0 Å². The van der Waals surface area contributed by atoms with E-state index in [1.165, 1.54) is 9.79 Å². The molecule has 6 heteroatoms. The van der Waals surface area contributed by atoms with E-state index in [2.05, 4.69) is 24.3 Å². The van der Waals surface area contributed by atoms with E-state index in [0.717, 1.165) is 44.1 Å². The number of rotatable bonds is 9. The second-order valence-electron chi connectivity index (χ2n) is 7.25. The van der Waals surface area contributed by atoms with Crippen molar-refractivity contribution >= 4 is 70.5 Å². The molecule has 0 aliphatic carbocycles. The Morgan fingerprint density at radius 2 is 0.912 bits per heavy atom. The summed E-state index contributed by atoms with van der Waals surface area (Å²) in [4.78, 5) is 11.7. The van der Waals surface area contributed by atoms with Crippen LogP contribution in [0.5, 0.6) is 0 Å². The van der Waals surface area contributed by atoms with Gasteiger partial charge in [-0.1, -0.05) is 71.7 Å². The minimum atomic E-state index is 0.725. The third-order valence-corrected chi connectivity index (χ3v) is 7.67. The van der Waals surface area contributed by atoms with Gasteiger partial charge in [-0.2, -0.15) is 0 Å². The Balaban J connectivity index is 1.34. The van der Waals surface area contributed by atoms with Crippen molar-refractivity contribution in [2.45, 2.75) is 9.79 Å². The van der Waals surface area contributed by atoms with Gasteiger partial charge in [0.05, 0.1) is 11.4 Å². The summed E-state index contributed by atoms with van der Waals surface area (Å²) >= 11 is 15.6. The first kappa shape index (κ1) is 24.6. The van der Waals surface area contributed by atoms with Gasteiger partial charge in [-0.3, -0.25) is 9.98 Å². The molecular formula is C28H22Cl2N2S2. The Morgan fingerprint density at radius 1 is 0.529 bits per heavy atom. The molecule has 0 aromatic heterocycles. The molecule has 0 unspecified atom stereocenters. The fourth-order valence-electron chi connectivity index (χ4n) is 3.06. The molecule has 0 atom stereocenters. The highest BCUT2D eigenvalue weighted by Gasteiger charge is 2.04. The molecule has 0 N–H and O–H groups in total. The number of halogens is 2. The van der Waals surface area contributed by atoms with Crippen LogP contribution in [0.15, 0.2) is 117 Å². The van der Waals surface area contributed by atoms with Crippen LogP contribution in [0.2, 0.25) is 10.0 Å². The Morgan fingerprint density at radius 3 is 1.32 bits per heavy atom. The number of hydrogen-bond donors (Lipinski definition) is 0. The van der Waals surface area contributed by atoms with Crippen LogP contribution < -0.4 is 0 Å². The highest BCUT2D eigenvalue weighted by molar-refractivity contribution is 8.03. The Kier molecular flexibility index (Phi) is 9.28. The lowest BCUT2D eigenvalue weighted by atomic mass is 10.2. The third-order valence-electron chi connectivity index (χ3n) is 4.77. The van der Waals surface area contributed by atoms with Gasteiger partial charge in [-0.15, -0.1) is 23.5 Å². The molecule has 0 heterocycles. The monoisotopic (exact) mass is 520 g/mol. The lowest BCUT2D eigenvalue weighted by Crippen LogP contribution is -1.86. The number of benzene rings is 4. The van der Waals surface area contributed by atoms with Crippen molar-refractivity contribution < 1.29 is 0 Å². The lowest BCUT2D eigenvalue weighted by Gasteiger charge is -2.07. The molecule has 34 heavy (non-hydrogen) atoms. The van der Waals surface area contributed by atoms with Gasteiger partial charge in [0.2, 0.25) is 0 Å². The predicted octanol–water partition coefficient (Wildman–Crippen LogP) is 9.38. The number of para-hydroxylation sites is 2. The number of hydrogen-bond acceptors (Lipinski definition) is 4. The summed E-state index contributed by atoms with van der Waals surface area (Å²) in [5, 5.41) is 1.45.